The predicted molar refractivity (Wildman–Crippen MR) is 66.3 cm³/mol. The maximum Gasteiger partial charge on any atom is 0.145 e. The molecule has 0 unspecified atom stereocenters. The second kappa shape index (κ2) is 4.92. The van der Waals surface area contributed by atoms with E-state index in [-0.39, 0.29) is 11.2 Å². The Kier molecular flexibility index (Phi) is 3.52. The van der Waals surface area contributed by atoms with Crippen molar-refractivity contribution in [1.29, 1.82) is 0 Å². The smallest absolute Gasteiger partial charge is 0.145 e. The maximum absolute atomic E-state index is 13.1. The third-order valence-electron chi connectivity index (χ3n) is 3.61. The number of halogens is 1. The van der Waals surface area contributed by atoms with Crippen LogP contribution in [0.3, 0.4) is 0 Å². The first-order valence-corrected chi connectivity index (χ1v) is 6.03. The number of nitrogens with two attached hydrogens (primary N) is 2. The Morgan fingerprint density at radius 3 is 2.65 bits per heavy atom. The van der Waals surface area contributed by atoms with Gasteiger partial charge in [0.1, 0.15) is 11.6 Å². The summed E-state index contributed by atoms with van der Waals surface area (Å²) in [7, 11) is 0. The van der Waals surface area contributed by atoms with Gasteiger partial charge in [0.2, 0.25) is 0 Å². The molecule has 1 aromatic carbocycles. The molecule has 0 heterocycles. The molecule has 0 amide bonds. The van der Waals surface area contributed by atoms with Crippen molar-refractivity contribution in [1.82, 2.24) is 0 Å². The number of nitrogen functional groups attached to an aromatic ring is 1. The summed E-state index contributed by atoms with van der Waals surface area (Å²) in [5, 5.41) is 0. The van der Waals surface area contributed by atoms with Crippen LogP contribution in [-0.2, 0) is 0 Å². The molecule has 0 radical (unpaired) electrons. The van der Waals surface area contributed by atoms with E-state index in [2.05, 4.69) is 0 Å². The topological polar surface area (TPSA) is 61.3 Å². The van der Waals surface area contributed by atoms with Crippen LogP contribution in [0.5, 0.6) is 5.75 Å². The minimum Gasteiger partial charge on any atom is -0.491 e. The third kappa shape index (κ3) is 2.69. The standard InChI is InChI=1S/C13H19FN2O/c14-10-3-4-11(16)12(7-10)17-9-13(8-15)5-1-2-6-13/h3-4,7H,1-2,5-6,8-9,15-16H2. The molecule has 0 saturated heterocycles. The number of anilines is 1. The molecule has 1 fully saturated rings. The molecular formula is C13H19FN2O. The molecule has 0 bridgehead atoms. The largest absolute Gasteiger partial charge is 0.491 e. The summed E-state index contributed by atoms with van der Waals surface area (Å²) in [4.78, 5) is 0. The Hall–Kier alpha value is -1.29. The normalized spacial score (nSPS) is 18.2. The van der Waals surface area contributed by atoms with Gasteiger partial charge in [-0.25, -0.2) is 4.39 Å². The van der Waals surface area contributed by atoms with Crippen LogP contribution in [-0.4, -0.2) is 13.2 Å². The van der Waals surface area contributed by atoms with E-state index in [4.69, 9.17) is 16.2 Å². The van der Waals surface area contributed by atoms with E-state index in [1.165, 1.54) is 31.0 Å². The first-order valence-electron chi connectivity index (χ1n) is 6.03. The van der Waals surface area contributed by atoms with E-state index in [1.807, 2.05) is 0 Å². The van der Waals surface area contributed by atoms with Crippen LogP contribution in [0.2, 0.25) is 0 Å². The Morgan fingerprint density at radius 2 is 2.00 bits per heavy atom. The first-order chi connectivity index (χ1) is 8.15. The highest BCUT2D eigenvalue weighted by Gasteiger charge is 2.33. The van der Waals surface area contributed by atoms with E-state index >= 15 is 0 Å². The monoisotopic (exact) mass is 238 g/mol. The fourth-order valence-electron chi connectivity index (χ4n) is 2.40. The molecule has 1 aliphatic rings. The van der Waals surface area contributed by atoms with Gasteiger partial charge in [0.05, 0.1) is 12.3 Å². The quantitative estimate of drug-likeness (QED) is 0.791. The summed E-state index contributed by atoms with van der Waals surface area (Å²) in [5.41, 5.74) is 12.1. The second-order valence-corrected chi connectivity index (χ2v) is 4.88. The van der Waals surface area contributed by atoms with E-state index in [1.54, 1.807) is 0 Å². The lowest BCUT2D eigenvalue weighted by molar-refractivity contribution is 0.157. The van der Waals surface area contributed by atoms with Crippen molar-refractivity contribution < 1.29 is 9.13 Å². The van der Waals surface area contributed by atoms with E-state index < -0.39 is 0 Å². The lowest BCUT2D eigenvalue weighted by Gasteiger charge is -2.27. The Morgan fingerprint density at radius 1 is 1.29 bits per heavy atom. The van der Waals surface area contributed by atoms with Crippen LogP contribution in [0.4, 0.5) is 10.1 Å². The van der Waals surface area contributed by atoms with Gasteiger partial charge in [0.15, 0.2) is 0 Å². The Balaban J connectivity index is 2.03. The SMILES string of the molecule is NCC1(COc2cc(F)ccc2N)CCCC1. The zero-order chi connectivity index (χ0) is 12.3. The molecule has 1 saturated carbocycles. The fourth-order valence-corrected chi connectivity index (χ4v) is 2.40. The molecule has 1 aromatic rings. The van der Waals surface area contributed by atoms with Crippen LogP contribution in [0.25, 0.3) is 0 Å². The third-order valence-corrected chi connectivity index (χ3v) is 3.61. The lowest BCUT2D eigenvalue weighted by Crippen LogP contribution is -2.33. The van der Waals surface area contributed by atoms with Gasteiger partial charge in [-0.05, 0) is 25.0 Å². The van der Waals surface area contributed by atoms with Gasteiger partial charge in [0, 0.05) is 18.0 Å². The van der Waals surface area contributed by atoms with E-state index in [9.17, 15) is 4.39 Å². The van der Waals surface area contributed by atoms with Gasteiger partial charge in [-0.15, -0.1) is 0 Å². The minimum absolute atomic E-state index is 0.0543. The summed E-state index contributed by atoms with van der Waals surface area (Å²) in [6.45, 7) is 1.14. The summed E-state index contributed by atoms with van der Waals surface area (Å²) in [6.07, 6.45) is 4.55. The molecule has 2 rings (SSSR count). The molecule has 0 aromatic heterocycles. The first kappa shape index (κ1) is 12.2. The van der Waals surface area contributed by atoms with Crippen LogP contribution in [0.1, 0.15) is 25.7 Å². The van der Waals surface area contributed by atoms with Gasteiger partial charge in [-0.3, -0.25) is 0 Å². The summed E-state index contributed by atoms with van der Waals surface area (Å²) >= 11 is 0. The molecule has 1 aliphatic carbocycles. The van der Waals surface area contributed by atoms with Crippen molar-refractivity contribution >= 4 is 5.69 Å². The van der Waals surface area contributed by atoms with Crippen LogP contribution >= 0.6 is 0 Å². The van der Waals surface area contributed by atoms with Crippen molar-refractivity contribution in [3.8, 4) is 5.75 Å². The van der Waals surface area contributed by atoms with Crippen molar-refractivity contribution in [2.75, 3.05) is 18.9 Å². The molecule has 4 N–H and O–H groups in total. The number of hydrogen-bond donors (Lipinski definition) is 2. The molecule has 0 atom stereocenters. The van der Waals surface area contributed by atoms with Crippen molar-refractivity contribution in [3.63, 3.8) is 0 Å². The fraction of sp³-hybridized carbons (Fsp3) is 0.538. The summed E-state index contributed by atoms with van der Waals surface area (Å²) in [5.74, 6) is 0.0899. The average Bonchev–Trinajstić information content (AvgIpc) is 2.80. The van der Waals surface area contributed by atoms with Gasteiger partial charge in [-0.2, -0.15) is 0 Å². The zero-order valence-electron chi connectivity index (χ0n) is 9.92. The molecule has 3 nitrogen and oxygen atoms in total. The molecular weight excluding hydrogens is 219 g/mol. The van der Waals surface area contributed by atoms with Gasteiger partial charge in [-0.1, -0.05) is 12.8 Å². The van der Waals surface area contributed by atoms with Crippen molar-refractivity contribution in [2.24, 2.45) is 11.1 Å². The Bertz CT molecular complexity index is 389. The highest BCUT2D eigenvalue weighted by Crippen LogP contribution is 2.38. The van der Waals surface area contributed by atoms with E-state index in [0.717, 1.165) is 12.8 Å². The van der Waals surface area contributed by atoms with Crippen molar-refractivity contribution in [3.05, 3.63) is 24.0 Å². The number of ether oxygens (including phenoxy) is 1. The summed E-state index contributed by atoms with van der Waals surface area (Å²) < 4.78 is 18.7. The van der Waals surface area contributed by atoms with E-state index in [0.29, 0.717) is 24.6 Å². The Labute approximate surface area is 101 Å². The highest BCUT2D eigenvalue weighted by molar-refractivity contribution is 5.52. The van der Waals surface area contributed by atoms with Gasteiger partial charge < -0.3 is 16.2 Å². The minimum atomic E-state index is -0.331. The van der Waals surface area contributed by atoms with Gasteiger partial charge in [0.25, 0.3) is 0 Å². The predicted octanol–water partition coefficient (Wildman–Crippen LogP) is 2.31. The molecule has 17 heavy (non-hydrogen) atoms. The molecule has 0 spiro atoms. The van der Waals surface area contributed by atoms with Crippen LogP contribution < -0.4 is 16.2 Å². The maximum atomic E-state index is 13.1. The highest BCUT2D eigenvalue weighted by atomic mass is 19.1. The molecule has 0 aliphatic heterocycles. The summed E-state index contributed by atoms with van der Waals surface area (Å²) in [6, 6.07) is 4.18. The van der Waals surface area contributed by atoms with Crippen LogP contribution in [0, 0.1) is 11.2 Å². The number of benzene rings is 1. The number of rotatable bonds is 4. The lowest BCUT2D eigenvalue weighted by atomic mass is 9.87. The second-order valence-electron chi connectivity index (χ2n) is 4.88. The molecule has 4 heteroatoms. The zero-order valence-corrected chi connectivity index (χ0v) is 9.92. The van der Waals surface area contributed by atoms with Crippen LogP contribution in [0.15, 0.2) is 18.2 Å². The number of hydrogen-bond acceptors (Lipinski definition) is 3. The average molecular weight is 238 g/mol. The molecule has 94 valence electrons. The van der Waals surface area contributed by atoms with Crippen molar-refractivity contribution in [2.45, 2.75) is 25.7 Å². The van der Waals surface area contributed by atoms with Gasteiger partial charge >= 0.3 is 0 Å².